The van der Waals surface area contributed by atoms with Crippen LogP contribution in [0, 0.1) is 5.92 Å². The normalized spacial score (nSPS) is 27.1. The van der Waals surface area contributed by atoms with Crippen molar-refractivity contribution in [3.05, 3.63) is 65.7 Å². The smallest absolute Gasteiger partial charge is 0.227 e. The molecular weight excluding hydrogens is 422 g/mol. The fourth-order valence-electron chi connectivity index (χ4n) is 4.39. The lowest BCUT2D eigenvalue weighted by atomic mass is 9.80. The summed E-state index contributed by atoms with van der Waals surface area (Å²) in [6.45, 7) is 4.82. The van der Waals surface area contributed by atoms with Gasteiger partial charge in [0.2, 0.25) is 5.91 Å². The highest BCUT2D eigenvalue weighted by Gasteiger charge is 2.50. The molecule has 1 saturated carbocycles. The Kier molecular flexibility index (Phi) is 6.88. The van der Waals surface area contributed by atoms with E-state index in [0.717, 1.165) is 11.3 Å². The topological polar surface area (TPSA) is 85.2 Å². The summed E-state index contributed by atoms with van der Waals surface area (Å²) in [4.78, 5) is 19.7. The molecular formula is C25H31N3O3S. The SMILES string of the molecule is CC(C)c1ccc(NC2=N[C@@H]3[C@@H](O)[C@H](O)C[C@H](C(=O)N(C)Cc4ccccc4)[C@H]3S2)cc1. The fraction of sp³-hybridized carbons (Fsp3) is 0.440. The number of rotatable bonds is 5. The molecule has 7 heteroatoms. The van der Waals surface area contributed by atoms with Gasteiger partial charge in [0.05, 0.1) is 18.1 Å². The maximum atomic E-state index is 13.3. The predicted octanol–water partition coefficient (Wildman–Crippen LogP) is 3.46. The van der Waals surface area contributed by atoms with Crippen LogP contribution in [-0.4, -0.2) is 56.7 Å². The molecule has 32 heavy (non-hydrogen) atoms. The van der Waals surface area contributed by atoms with Crippen molar-refractivity contribution in [2.45, 2.75) is 56.2 Å². The Balaban J connectivity index is 1.47. The number of anilines is 1. The van der Waals surface area contributed by atoms with Crippen LogP contribution in [0.25, 0.3) is 0 Å². The molecule has 1 amide bonds. The highest BCUT2D eigenvalue weighted by molar-refractivity contribution is 8.15. The van der Waals surface area contributed by atoms with Crippen LogP contribution in [0.5, 0.6) is 0 Å². The zero-order valence-electron chi connectivity index (χ0n) is 18.7. The van der Waals surface area contributed by atoms with E-state index in [1.807, 2.05) is 42.5 Å². The number of amides is 1. The second kappa shape index (κ2) is 9.65. The minimum Gasteiger partial charge on any atom is -0.390 e. The highest BCUT2D eigenvalue weighted by Crippen LogP contribution is 2.42. The number of aliphatic hydroxyl groups excluding tert-OH is 2. The molecule has 1 heterocycles. The molecule has 5 atom stereocenters. The predicted molar refractivity (Wildman–Crippen MR) is 130 cm³/mol. The van der Waals surface area contributed by atoms with Crippen molar-refractivity contribution in [1.29, 1.82) is 0 Å². The van der Waals surface area contributed by atoms with Crippen LogP contribution in [0.15, 0.2) is 59.6 Å². The molecule has 0 aromatic heterocycles. The van der Waals surface area contributed by atoms with Crippen LogP contribution >= 0.6 is 11.8 Å². The summed E-state index contributed by atoms with van der Waals surface area (Å²) in [5, 5.41) is 24.8. The van der Waals surface area contributed by atoms with Gasteiger partial charge in [0.1, 0.15) is 6.10 Å². The lowest BCUT2D eigenvalue weighted by Crippen LogP contribution is -2.54. The van der Waals surface area contributed by atoms with Crippen molar-refractivity contribution < 1.29 is 15.0 Å². The van der Waals surface area contributed by atoms with Gasteiger partial charge in [-0.1, -0.05) is 68.1 Å². The number of carbonyl (C=O) groups excluding carboxylic acids is 1. The quantitative estimate of drug-likeness (QED) is 0.646. The van der Waals surface area contributed by atoms with E-state index in [4.69, 9.17) is 0 Å². The summed E-state index contributed by atoms with van der Waals surface area (Å²) in [6, 6.07) is 17.5. The zero-order valence-corrected chi connectivity index (χ0v) is 19.5. The Hall–Kier alpha value is -2.35. The number of hydrogen-bond donors (Lipinski definition) is 3. The summed E-state index contributed by atoms with van der Waals surface area (Å²) in [5.41, 5.74) is 3.23. The van der Waals surface area contributed by atoms with Crippen LogP contribution < -0.4 is 5.32 Å². The Morgan fingerprint density at radius 1 is 1.16 bits per heavy atom. The molecule has 1 fully saturated rings. The third-order valence-corrected chi connectivity index (χ3v) is 7.58. The highest BCUT2D eigenvalue weighted by atomic mass is 32.2. The van der Waals surface area contributed by atoms with E-state index in [1.54, 1.807) is 11.9 Å². The number of fused-ring (bicyclic) bond motifs is 1. The van der Waals surface area contributed by atoms with Crippen molar-refractivity contribution >= 4 is 28.5 Å². The lowest BCUT2D eigenvalue weighted by Gasteiger charge is -2.38. The van der Waals surface area contributed by atoms with Crippen LogP contribution in [0.2, 0.25) is 0 Å². The summed E-state index contributed by atoms with van der Waals surface area (Å²) in [6.07, 6.45) is -1.71. The molecule has 0 bridgehead atoms. The van der Waals surface area contributed by atoms with Gasteiger partial charge in [0.25, 0.3) is 0 Å². The van der Waals surface area contributed by atoms with Gasteiger partial charge in [-0.05, 0) is 35.6 Å². The third kappa shape index (κ3) is 4.85. The standard InChI is InChI=1S/C25H31N3O3S/c1-15(2)17-9-11-18(12-10-17)26-25-27-21-22(30)20(29)13-19(23(21)32-25)24(31)28(3)14-16-7-5-4-6-8-16/h4-12,15,19-23,29-30H,13-14H2,1-3H3,(H,26,27)/t19-,20+,21+,22-,23+/m0/s1. The Morgan fingerprint density at radius 2 is 1.84 bits per heavy atom. The first-order valence-electron chi connectivity index (χ1n) is 11.1. The van der Waals surface area contributed by atoms with Crippen LogP contribution in [0.4, 0.5) is 5.69 Å². The van der Waals surface area contributed by atoms with Gasteiger partial charge in [-0.15, -0.1) is 0 Å². The Bertz CT molecular complexity index is 964. The average Bonchev–Trinajstić information content (AvgIpc) is 3.20. The molecule has 3 N–H and O–H groups in total. The van der Waals surface area contributed by atoms with Crippen LogP contribution in [-0.2, 0) is 11.3 Å². The molecule has 0 spiro atoms. The number of nitrogens with one attached hydrogen (secondary N) is 1. The zero-order chi connectivity index (χ0) is 22.8. The van der Waals surface area contributed by atoms with Crippen LogP contribution in [0.3, 0.4) is 0 Å². The average molecular weight is 454 g/mol. The number of aliphatic hydroxyl groups is 2. The van der Waals surface area contributed by atoms with Crippen molar-refractivity contribution in [2.75, 3.05) is 12.4 Å². The summed E-state index contributed by atoms with van der Waals surface area (Å²) in [7, 11) is 1.79. The monoisotopic (exact) mass is 453 g/mol. The van der Waals surface area contributed by atoms with Gasteiger partial charge < -0.3 is 20.4 Å². The maximum Gasteiger partial charge on any atom is 0.227 e. The van der Waals surface area contributed by atoms with E-state index in [-0.39, 0.29) is 17.6 Å². The van der Waals surface area contributed by atoms with Gasteiger partial charge in [-0.25, -0.2) is 0 Å². The molecule has 170 valence electrons. The van der Waals surface area contributed by atoms with Crippen molar-refractivity contribution in [3.63, 3.8) is 0 Å². The van der Waals surface area contributed by atoms with E-state index in [2.05, 4.69) is 36.3 Å². The summed E-state index contributed by atoms with van der Waals surface area (Å²) >= 11 is 1.49. The Labute approximate surface area is 193 Å². The van der Waals surface area contributed by atoms with E-state index in [0.29, 0.717) is 17.6 Å². The first-order chi connectivity index (χ1) is 15.3. The largest absolute Gasteiger partial charge is 0.390 e. The number of thioether (sulfide) groups is 1. The van der Waals surface area contributed by atoms with Gasteiger partial charge in [0, 0.05) is 24.5 Å². The molecule has 2 aliphatic rings. The Morgan fingerprint density at radius 3 is 2.50 bits per heavy atom. The second-order valence-corrected chi connectivity index (χ2v) is 10.2. The molecule has 0 saturated heterocycles. The van der Waals surface area contributed by atoms with E-state index in [1.165, 1.54) is 17.3 Å². The maximum absolute atomic E-state index is 13.3. The van der Waals surface area contributed by atoms with Gasteiger partial charge in [-0.3, -0.25) is 9.79 Å². The van der Waals surface area contributed by atoms with E-state index in [9.17, 15) is 15.0 Å². The number of aliphatic imine (C=N–C) groups is 1. The molecule has 6 nitrogen and oxygen atoms in total. The molecule has 1 aliphatic heterocycles. The molecule has 2 aromatic rings. The summed E-state index contributed by atoms with van der Waals surface area (Å²) in [5.74, 6) is 0.0184. The lowest BCUT2D eigenvalue weighted by molar-refractivity contribution is -0.139. The summed E-state index contributed by atoms with van der Waals surface area (Å²) < 4.78 is 0. The molecule has 0 unspecified atom stereocenters. The first-order valence-corrected chi connectivity index (χ1v) is 12.0. The minimum absolute atomic E-state index is 0.0277. The number of amidine groups is 1. The van der Waals surface area contributed by atoms with Crippen LogP contribution in [0.1, 0.15) is 37.3 Å². The molecule has 2 aromatic carbocycles. The number of benzene rings is 2. The number of nitrogens with zero attached hydrogens (tertiary/aromatic N) is 2. The number of carbonyl (C=O) groups is 1. The van der Waals surface area contributed by atoms with E-state index >= 15 is 0 Å². The molecule has 1 aliphatic carbocycles. The van der Waals surface area contributed by atoms with Crippen molar-refractivity contribution in [1.82, 2.24) is 4.90 Å². The molecule has 4 rings (SSSR count). The van der Waals surface area contributed by atoms with Crippen molar-refractivity contribution in [2.24, 2.45) is 10.9 Å². The first kappa shape index (κ1) is 22.8. The van der Waals surface area contributed by atoms with E-state index < -0.39 is 24.2 Å². The second-order valence-electron chi connectivity index (χ2n) is 8.99. The van der Waals surface area contributed by atoms with Gasteiger partial charge in [-0.2, -0.15) is 0 Å². The fourth-order valence-corrected chi connectivity index (χ4v) is 5.76. The van der Waals surface area contributed by atoms with Gasteiger partial charge >= 0.3 is 0 Å². The third-order valence-electron chi connectivity index (χ3n) is 6.27. The van der Waals surface area contributed by atoms with Crippen molar-refractivity contribution in [3.8, 4) is 0 Å². The minimum atomic E-state index is -0.974. The molecule has 0 radical (unpaired) electrons. The number of hydrogen-bond acceptors (Lipinski definition) is 6. The van der Waals surface area contributed by atoms with Gasteiger partial charge in [0.15, 0.2) is 5.17 Å².